The maximum absolute atomic E-state index is 12.2. The summed E-state index contributed by atoms with van der Waals surface area (Å²) >= 11 is 6.20. The second kappa shape index (κ2) is 6.50. The van der Waals surface area contributed by atoms with Gasteiger partial charge in [0.15, 0.2) is 0 Å². The average Bonchev–Trinajstić information content (AvgIpc) is 2.60. The maximum Gasteiger partial charge on any atom is 0.338 e. The molecule has 23 heavy (non-hydrogen) atoms. The van der Waals surface area contributed by atoms with Gasteiger partial charge in [-0.3, -0.25) is 0 Å². The lowest BCUT2D eigenvalue weighted by Crippen LogP contribution is -2.41. The number of benzene rings is 1. The number of fused-ring (bicyclic) bond motifs is 1. The number of esters is 1. The van der Waals surface area contributed by atoms with Crippen molar-refractivity contribution in [2.75, 3.05) is 13.7 Å². The van der Waals surface area contributed by atoms with Crippen molar-refractivity contribution in [3.8, 4) is 0 Å². The smallest absolute Gasteiger partial charge is 0.338 e. The van der Waals surface area contributed by atoms with Crippen molar-refractivity contribution < 1.29 is 14.6 Å². The monoisotopic (exact) mass is 332 g/mol. The summed E-state index contributed by atoms with van der Waals surface area (Å²) in [5.74, 6) is -0.0281. The van der Waals surface area contributed by atoms with E-state index < -0.39 is 5.41 Å². The number of carbonyl (C=O) groups excluding carboxylic acids is 1. The van der Waals surface area contributed by atoms with Gasteiger partial charge in [-0.05, 0) is 42.9 Å². The van der Waals surface area contributed by atoms with E-state index in [2.05, 4.69) is 0 Å². The molecule has 1 saturated carbocycles. The molecule has 0 bridgehead atoms. The minimum Gasteiger partial charge on any atom is -0.465 e. The van der Waals surface area contributed by atoms with Gasteiger partial charge in [0, 0.05) is 10.4 Å². The number of ether oxygens (including phenoxy) is 1. The summed E-state index contributed by atoms with van der Waals surface area (Å²) in [5, 5.41) is 11.2. The third-order valence-corrected chi connectivity index (χ3v) is 5.43. The van der Waals surface area contributed by atoms with Crippen molar-refractivity contribution in [2.45, 2.75) is 31.1 Å². The first-order chi connectivity index (χ1) is 11.1. The van der Waals surface area contributed by atoms with Crippen LogP contribution in [0.5, 0.6) is 0 Å². The van der Waals surface area contributed by atoms with Crippen LogP contribution in [0.2, 0.25) is 0 Å². The van der Waals surface area contributed by atoms with E-state index in [0.717, 1.165) is 36.3 Å². The standard InChI is InChI=1S/C19H21ClO3/c1-23-18(22)15-6-2-3-7-17(15)19(12-21)10-4-5-13-11-14(20)8-9-16(13)19/h2-3,6-9,13,21H,4-5,10-12H2,1H3/t13?,19-/m1/s1. The lowest BCUT2D eigenvalue weighted by Gasteiger charge is -2.45. The molecule has 1 aromatic rings. The number of halogens is 1. The molecule has 2 atom stereocenters. The van der Waals surface area contributed by atoms with Crippen LogP contribution in [0.4, 0.5) is 0 Å². The Labute approximate surface area is 141 Å². The molecule has 2 aliphatic carbocycles. The van der Waals surface area contributed by atoms with Crippen molar-refractivity contribution in [3.63, 3.8) is 0 Å². The Bertz CT molecular complexity index is 677. The van der Waals surface area contributed by atoms with Gasteiger partial charge in [0.25, 0.3) is 0 Å². The van der Waals surface area contributed by atoms with Gasteiger partial charge in [-0.25, -0.2) is 4.79 Å². The minimum atomic E-state index is -0.526. The van der Waals surface area contributed by atoms with Crippen LogP contribution in [-0.4, -0.2) is 24.8 Å². The SMILES string of the molecule is COC(=O)c1ccccc1[C@@]1(CO)CCCC2CC(Cl)=CC=C21. The number of hydrogen-bond acceptors (Lipinski definition) is 3. The van der Waals surface area contributed by atoms with Crippen LogP contribution >= 0.6 is 11.6 Å². The predicted molar refractivity (Wildman–Crippen MR) is 90.5 cm³/mol. The fourth-order valence-corrected chi connectivity index (χ4v) is 4.32. The van der Waals surface area contributed by atoms with E-state index in [4.69, 9.17) is 16.3 Å². The fraction of sp³-hybridized carbons (Fsp3) is 0.421. The van der Waals surface area contributed by atoms with Gasteiger partial charge in [-0.15, -0.1) is 0 Å². The van der Waals surface area contributed by atoms with E-state index in [0.29, 0.717) is 11.5 Å². The Balaban J connectivity index is 2.17. The highest BCUT2D eigenvalue weighted by molar-refractivity contribution is 6.29. The Morgan fingerprint density at radius 3 is 2.91 bits per heavy atom. The van der Waals surface area contributed by atoms with Gasteiger partial charge in [0.05, 0.1) is 19.3 Å². The van der Waals surface area contributed by atoms with E-state index in [1.54, 1.807) is 6.07 Å². The maximum atomic E-state index is 12.2. The molecular formula is C19H21ClO3. The summed E-state index contributed by atoms with van der Waals surface area (Å²) in [6, 6.07) is 7.45. The lowest BCUT2D eigenvalue weighted by molar-refractivity contribution is 0.0595. The van der Waals surface area contributed by atoms with E-state index in [-0.39, 0.29) is 12.6 Å². The molecule has 0 amide bonds. The molecule has 4 heteroatoms. The molecule has 1 unspecified atom stereocenters. The summed E-state index contributed by atoms with van der Waals surface area (Å²) in [6.45, 7) is -0.0190. The predicted octanol–water partition coefficient (Wildman–Crippen LogP) is 3.96. The first kappa shape index (κ1) is 16.3. The summed E-state index contributed by atoms with van der Waals surface area (Å²) < 4.78 is 4.94. The highest BCUT2D eigenvalue weighted by Gasteiger charge is 2.44. The number of rotatable bonds is 3. The third kappa shape index (κ3) is 2.73. The van der Waals surface area contributed by atoms with E-state index in [1.807, 2.05) is 30.4 Å². The van der Waals surface area contributed by atoms with E-state index >= 15 is 0 Å². The van der Waals surface area contributed by atoms with E-state index in [1.165, 1.54) is 12.7 Å². The Morgan fingerprint density at radius 2 is 2.17 bits per heavy atom. The first-order valence-electron chi connectivity index (χ1n) is 7.98. The molecule has 0 heterocycles. The number of aliphatic hydroxyl groups is 1. The second-order valence-corrected chi connectivity index (χ2v) is 6.79. The van der Waals surface area contributed by atoms with Gasteiger partial charge < -0.3 is 9.84 Å². The van der Waals surface area contributed by atoms with Crippen LogP contribution in [-0.2, 0) is 10.2 Å². The molecule has 0 spiro atoms. The van der Waals surface area contributed by atoms with Crippen molar-refractivity contribution in [1.29, 1.82) is 0 Å². The number of carbonyl (C=O) groups is 1. The molecule has 3 rings (SSSR count). The van der Waals surface area contributed by atoms with Crippen LogP contribution in [0, 0.1) is 5.92 Å². The van der Waals surface area contributed by atoms with Crippen molar-refractivity contribution in [1.82, 2.24) is 0 Å². The largest absolute Gasteiger partial charge is 0.465 e. The highest BCUT2D eigenvalue weighted by Crippen LogP contribution is 2.50. The summed E-state index contributed by atoms with van der Waals surface area (Å²) in [7, 11) is 1.39. The zero-order valence-electron chi connectivity index (χ0n) is 13.2. The average molecular weight is 333 g/mol. The molecule has 0 radical (unpaired) electrons. The van der Waals surface area contributed by atoms with Gasteiger partial charge >= 0.3 is 5.97 Å². The second-order valence-electron chi connectivity index (χ2n) is 6.31. The Kier molecular flexibility index (Phi) is 4.60. The minimum absolute atomic E-state index is 0.0190. The van der Waals surface area contributed by atoms with Crippen molar-refractivity contribution in [3.05, 3.63) is 58.1 Å². The third-order valence-electron chi connectivity index (χ3n) is 5.15. The summed E-state index contributed by atoms with van der Waals surface area (Å²) in [6.07, 6.45) is 7.67. The molecular weight excluding hydrogens is 312 g/mol. The molecule has 1 fully saturated rings. The number of allylic oxidation sites excluding steroid dienone is 3. The topological polar surface area (TPSA) is 46.5 Å². The lowest BCUT2D eigenvalue weighted by atomic mass is 9.60. The normalized spacial score (nSPS) is 26.8. The Morgan fingerprint density at radius 1 is 1.39 bits per heavy atom. The highest BCUT2D eigenvalue weighted by atomic mass is 35.5. The van der Waals surface area contributed by atoms with Gasteiger partial charge in [-0.2, -0.15) is 0 Å². The number of hydrogen-bond donors (Lipinski definition) is 1. The fourth-order valence-electron chi connectivity index (χ4n) is 4.07. The van der Waals surface area contributed by atoms with Crippen LogP contribution in [0.3, 0.4) is 0 Å². The van der Waals surface area contributed by atoms with Crippen LogP contribution < -0.4 is 0 Å². The zero-order valence-corrected chi connectivity index (χ0v) is 14.0. The summed E-state index contributed by atoms with van der Waals surface area (Å²) in [5.41, 5.74) is 2.05. The molecule has 3 nitrogen and oxygen atoms in total. The number of aliphatic hydroxyl groups excluding tert-OH is 1. The van der Waals surface area contributed by atoms with Gasteiger partial charge in [0.1, 0.15) is 0 Å². The quantitative estimate of drug-likeness (QED) is 0.852. The molecule has 0 aromatic heterocycles. The van der Waals surface area contributed by atoms with Gasteiger partial charge in [-0.1, -0.05) is 47.9 Å². The van der Waals surface area contributed by atoms with Gasteiger partial charge in [0.2, 0.25) is 0 Å². The first-order valence-corrected chi connectivity index (χ1v) is 8.35. The van der Waals surface area contributed by atoms with Crippen LogP contribution in [0.25, 0.3) is 0 Å². The zero-order chi connectivity index (χ0) is 16.4. The molecule has 2 aliphatic rings. The molecule has 0 aliphatic heterocycles. The summed E-state index contributed by atoms with van der Waals surface area (Å²) in [4.78, 5) is 12.2. The van der Waals surface area contributed by atoms with Crippen LogP contribution in [0.1, 0.15) is 41.6 Å². The molecule has 0 saturated heterocycles. The number of methoxy groups -OCH3 is 1. The van der Waals surface area contributed by atoms with Crippen LogP contribution in [0.15, 0.2) is 47.0 Å². The van der Waals surface area contributed by atoms with E-state index in [9.17, 15) is 9.90 Å². The molecule has 1 aromatic carbocycles. The molecule has 122 valence electrons. The van der Waals surface area contributed by atoms with Crippen molar-refractivity contribution in [2.24, 2.45) is 5.92 Å². The molecule has 1 N–H and O–H groups in total. The van der Waals surface area contributed by atoms with Crippen molar-refractivity contribution >= 4 is 17.6 Å². The Hall–Kier alpha value is -1.58.